The molecular weight excluding hydrogens is 240 g/mol. The number of hydrazone groups is 1. The van der Waals surface area contributed by atoms with Crippen molar-refractivity contribution in [3.8, 4) is 0 Å². The molecule has 1 aliphatic heterocycles. The van der Waals surface area contributed by atoms with Gasteiger partial charge in [-0.1, -0.05) is 6.07 Å². The van der Waals surface area contributed by atoms with Crippen molar-refractivity contribution in [2.24, 2.45) is 11.0 Å². The minimum atomic E-state index is -0.404. The molecule has 0 N–H and O–H groups in total. The van der Waals surface area contributed by atoms with E-state index in [4.69, 9.17) is 0 Å². The van der Waals surface area contributed by atoms with Crippen LogP contribution in [0.15, 0.2) is 23.3 Å². The lowest BCUT2D eigenvalue weighted by Crippen LogP contribution is -2.28. The summed E-state index contributed by atoms with van der Waals surface area (Å²) in [5, 5.41) is 5.71. The summed E-state index contributed by atoms with van der Waals surface area (Å²) in [6, 6.07) is 5.80. The molecule has 0 radical (unpaired) electrons. The van der Waals surface area contributed by atoms with Gasteiger partial charge in [0.25, 0.3) is 5.91 Å². The van der Waals surface area contributed by atoms with Gasteiger partial charge in [-0.3, -0.25) is 9.59 Å². The lowest BCUT2D eigenvalue weighted by atomic mass is 9.98. The summed E-state index contributed by atoms with van der Waals surface area (Å²) in [4.78, 5) is 23.5. The van der Waals surface area contributed by atoms with Crippen LogP contribution in [0.4, 0.5) is 5.69 Å². The molecule has 0 spiro atoms. The van der Waals surface area contributed by atoms with Crippen molar-refractivity contribution in [3.63, 3.8) is 0 Å². The molecule has 1 amide bonds. The molecule has 1 aliphatic rings. The number of benzene rings is 1. The van der Waals surface area contributed by atoms with Gasteiger partial charge < -0.3 is 0 Å². The monoisotopic (exact) mass is 258 g/mol. The van der Waals surface area contributed by atoms with Crippen LogP contribution < -0.4 is 5.01 Å². The third kappa shape index (κ3) is 2.57. The molecular formula is C15H18N2O2. The summed E-state index contributed by atoms with van der Waals surface area (Å²) in [5.74, 6) is -0.509. The first-order valence-electron chi connectivity index (χ1n) is 6.36. The smallest absolute Gasteiger partial charge is 0.256 e. The number of aryl methyl sites for hydroxylation is 2. The second kappa shape index (κ2) is 4.96. The maximum absolute atomic E-state index is 12.3. The Morgan fingerprint density at radius 1 is 1.26 bits per heavy atom. The zero-order valence-electron chi connectivity index (χ0n) is 11.7. The average molecular weight is 258 g/mol. The highest BCUT2D eigenvalue weighted by molar-refractivity contribution is 6.16. The third-order valence-corrected chi connectivity index (χ3v) is 3.50. The number of Topliss-reactive ketones (excluding diaryl/α,β-unsaturated/α-hetero) is 1. The number of carbonyl (C=O) groups excluding carboxylic acids is 2. The van der Waals surface area contributed by atoms with Crippen molar-refractivity contribution >= 4 is 23.1 Å². The standard InChI is InChI=1S/C15H18N2O2/c1-9-5-6-13(7-10(9)2)17-15(19)14(8-11(3)18)12(4)16-17/h5-7,14H,8H2,1-4H3. The van der Waals surface area contributed by atoms with E-state index in [1.807, 2.05) is 32.0 Å². The zero-order valence-corrected chi connectivity index (χ0v) is 11.7. The van der Waals surface area contributed by atoms with Crippen LogP contribution in [0.25, 0.3) is 0 Å². The number of ketones is 1. The Morgan fingerprint density at radius 3 is 2.53 bits per heavy atom. The molecule has 0 bridgehead atoms. The number of rotatable bonds is 3. The Bertz CT molecular complexity index is 576. The van der Waals surface area contributed by atoms with Gasteiger partial charge in [-0.05, 0) is 51.0 Å². The molecule has 0 aliphatic carbocycles. The largest absolute Gasteiger partial charge is 0.300 e. The van der Waals surface area contributed by atoms with Crippen LogP contribution in [0, 0.1) is 19.8 Å². The molecule has 1 aromatic carbocycles. The van der Waals surface area contributed by atoms with Crippen LogP contribution >= 0.6 is 0 Å². The molecule has 0 fully saturated rings. The SMILES string of the molecule is CC(=O)CC1C(=O)N(c2ccc(C)c(C)c2)N=C1C. The highest BCUT2D eigenvalue weighted by Gasteiger charge is 2.35. The van der Waals surface area contributed by atoms with Crippen molar-refractivity contribution in [3.05, 3.63) is 29.3 Å². The van der Waals surface area contributed by atoms with Crippen molar-refractivity contribution in [2.75, 3.05) is 5.01 Å². The Morgan fingerprint density at radius 2 is 1.95 bits per heavy atom. The van der Waals surface area contributed by atoms with E-state index in [-0.39, 0.29) is 18.1 Å². The van der Waals surface area contributed by atoms with E-state index < -0.39 is 5.92 Å². The molecule has 4 nitrogen and oxygen atoms in total. The Labute approximate surface area is 113 Å². The van der Waals surface area contributed by atoms with Gasteiger partial charge >= 0.3 is 0 Å². The molecule has 1 unspecified atom stereocenters. The summed E-state index contributed by atoms with van der Waals surface area (Å²) in [5.41, 5.74) is 3.77. The van der Waals surface area contributed by atoms with Crippen molar-refractivity contribution in [1.29, 1.82) is 0 Å². The van der Waals surface area contributed by atoms with E-state index in [0.717, 1.165) is 11.3 Å². The maximum atomic E-state index is 12.3. The van der Waals surface area contributed by atoms with Crippen molar-refractivity contribution < 1.29 is 9.59 Å². The summed E-state index contributed by atoms with van der Waals surface area (Å²) in [7, 11) is 0. The molecule has 2 rings (SSSR count). The second-order valence-electron chi connectivity index (χ2n) is 5.12. The fraction of sp³-hybridized carbons (Fsp3) is 0.400. The summed E-state index contributed by atoms with van der Waals surface area (Å²) in [6.07, 6.45) is 0.232. The minimum absolute atomic E-state index is 0.00911. The van der Waals surface area contributed by atoms with Gasteiger partial charge in [-0.15, -0.1) is 0 Å². The van der Waals surface area contributed by atoms with E-state index in [1.165, 1.54) is 17.5 Å². The first-order valence-corrected chi connectivity index (χ1v) is 6.36. The highest BCUT2D eigenvalue weighted by Crippen LogP contribution is 2.27. The Hall–Kier alpha value is -1.97. The summed E-state index contributed by atoms with van der Waals surface area (Å²) < 4.78 is 0. The highest BCUT2D eigenvalue weighted by atomic mass is 16.2. The minimum Gasteiger partial charge on any atom is -0.300 e. The first kappa shape index (κ1) is 13.5. The quantitative estimate of drug-likeness (QED) is 0.836. The van der Waals surface area contributed by atoms with Gasteiger partial charge in [-0.25, -0.2) is 5.01 Å². The number of anilines is 1. The van der Waals surface area contributed by atoms with Crippen molar-refractivity contribution in [2.45, 2.75) is 34.1 Å². The lowest BCUT2D eigenvalue weighted by Gasteiger charge is -2.15. The van der Waals surface area contributed by atoms with Gasteiger partial charge in [0, 0.05) is 12.1 Å². The van der Waals surface area contributed by atoms with E-state index in [1.54, 1.807) is 6.92 Å². The molecule has 0 saturated heterocycles. The van der Waals surface area contributed by atoms with Crippen LogP contribution in [0.5, 0.6) is 0 Å². The number of carbonyl (C=O) groups is 2. The van der Waals surface area contributed by atoms with E-state index >= 15 is 0 Å². The first-order chi connectivity index (χ1) is 8.90. The molecule has 0 saturated carbocycles. The van der Waals surface area contributed by atoms with Gasteiger partial charge in [-0.2, -0.15) is 5.10 Å². The predicted octanol–water partition coefficient (Wildman–Crippen LogP) is 2.62. The Balaban J connectivity index is 2.30. The van der Waals surface area contributed by atoms with Crippen LogP contribution in [-0.2, 0) is 9.59 Å². The predicted molar refractivity (Wildman–Crippen MR) is 75.3 cm³/mol. The molecule has 1 atom stereocenters. The Kier molecular flexibility index (Phi) is 3.51. The third-order valence-electron chi connectivity index (χ3n) is 3.50. The maximum Gasteiger partial charge on any atom is 0.256 e. The van der Waals surface area contributed by atoms with E-state index in [2.05, 4.69) is 5.10 Å². The number of nitrogens with zero attached hydrogens (tertiary/aromatic N) is 2. The van der Waals surface area contributed by atoms with Gasteiger partial charge in [0.2, 0.25) is 0 Å². The van der Waals surface area contributed by atoms with Gasteiger partial charge in [0.05, 0.1) is 11.6 Å². The lowest BCUT2D eigenvalue weighted by molar-refractivity contribution is -0.124. The molecule has 1 aromatic rings. The topological polar surface area (TPSA) is 49.7 Å². The molecule has 4 heteroatoms. The summed E-state index contributed by atoms with van der Waals surface area (Å²) >= 11 is 0. The average Bonchev–Trinajstić information content (AvgIpc) is 2.60. The van der Waals surface area contributed by atoms with E-state index in [9.17, 15) is 9.59 Å². The van der Waals surface area contributed by atoms with Crippen LogP contribution in [-0.4, -0.2) is 17.4 Å². The molecule has 1 heterocycles. The van der Waals surface area contributed by atoms with Gasteiger partial charge in [0.1, 0.15) is 5.78 Å². The van der Waals surface area contributed by atoms with Crippen molar-refractivity contribution in [1.82, 2.24) is 0 Å². The van der Waals surface area contributed by atoms with Crippen LogP contribution in [0.2, 0.25) is 0 Å². The normalized spacial score (nSPS) is 18.7. The second-order valence-corrected chi connectivity index (χ2v) is 5.12. The zero-order chi connectivity index (χ0) is 14.2. The molecule has 0 aromatic heterocycles. The fourth-order valence-corrected chi connectivity index (χ4v) is 2.17. The summed E-state index contributed by atoms with van der Waals surface area (Å²) in [6.45, 7) is 7.33. The van der Waals surface area contributed by atoms with E-state index in [0.29, 0.717) is 5.71 Å². The van der Waals surface area contributed by atoms with Crippen LogP contribution in [0.3, 0.4) is 0 Å². The molecule has 100 valence electrons. The number of hydrogen-bond acceptors (Lipinski definition) is 3. The number of amides is 1. The van der Waals surface area contributed by atoms with Gasteiger partial charge in [0.15, 0.2) is 0 Å². The number of hydrogen-bond donors (Lipinski definition) is 0. The van der Waals surface area contributed by atoms with Crippen LogP contribution in [0.1, 0.15) is 31.4 Å². The fourth-order valence-electron chi connectivity index (χ4n) is 2.17. The molecule has 19 heavy (non-hydrogen) atoms.